The van der Waals surface area contributed by atoms with Crippen LogP contribution in [0.5, 0.6) is 0 Å². The van der Waals surface area contributed by atoms with E-state index in [2.05, 4.69) is 21.5 Å². The molecular weight excluding hydrogens is 458 g/mol. The van der Waals surface area contributed by atoms with Gasteiger partial charge in [-0.15, -0.1) is 11.3 Å². The molecule has 2 aromatic carbocycles. The Balaban J connectivity index is 1.59. The number of aromatic nitrogens is 4. The van der Waals surface area contributed by atoms with Gasteiger partial charge in [0.1, 0.15) is 11.7 Å². The molecule has 7 nitrogen and oxygen atoms in total. The first-order chi connectivity index (χ1) is 15.9. The van der Waals surface area contributed by atoms with E-state index in [0.29, 0.717) is 22.3 Å². The predicted octanol–water partition coefficient (Wildman–Crippen LogP) is 5.90. The van der Waals surface area contributed by atoms with Crippen molar-refractivity contribution in [3.8, 4) is 16.9 Å². The fourth-order valence-corrected chi connectivity index (χ4v) is 4.57. The minimum absolute atomic E-state index is 0.242. The van der Waals surface area contributed by atoms with Gasteiger partial charge in [0.2, 0.25) is 5.89 Å². The maximum absolute atomic E-state index is 13.0. The molecule has 0 saturated heterocycles. The van der Waals surface area contributed by atoms with Crippen molar-refractivity contribution in [3.05, 3.63) is 81.1 Å². The van der Waals surface area contributed by atoms with Crippen LogP contribution in [0.4, 0.5) is 0 Å². The largest absolute Gasteiger partial charge is 0.341 e. The Hall–Kier alpha value is -3.49. The molecule has 1 atom stereocenters. The number of hydrogen-bond acceptors (Lipinski definition) is 6. The van der Waals surface area contributed by atoms with Crippen LogP contribution >= 0.6 is 22.9 Å². The molecule has 0 saturated carbocycles. The van der Waals surface area contributed by atoms with Crippen molar-refractivity contribution in [2.75, 3.05) is 0 Å². The second-order valence-corrected chi connectivity index (χ2v) is 9.29. The Labute approximate surface area is 199 Å². The van der Waals surface area contributed by atoms with Crippen molar-refractivity contribution in [1.29, 1.82) is 0 Å². The number of fused-ring (bicyclic) bond motifs is 1. The summed E-state index contributed by atoms with van der Waals surface area (Å²) in [7, 11) is 0. The summed E-state index contributed by atoms with van der Waals surface area (Å²) in [5.41, 5.74) is 3.86. The lowest BCUT2D eigenvalue weighted by atomic mass is 10.1. The number of carbonyl (C=O) groups is 1. The van der Waals surface area contributed by atoms with Crippen LogP contribution in [0, 0.1) is 13.8 Å². The number of hydrogen-bond donors (Lipinski definition) is 1. The Morgan fingerprint density at radius 2 is 2.00 bits per heavy atom. The second-order valence-electron chi connectivity index (χ2n) is 7.76. The summed E-state index contributed by atoms with van der Waals surface area (Å²) in [6, 6.07) is 14.8. The number of benzene rings is 2. The maximum Gasteiger partial charge on any atom is 0.251 e. The van der Waals surface area contributed by atoms with E-state index >= 15 is 0 Å². The molecule has 1 amide bonds. The van der Waals surface area contributed by atoms with Gasteiger partial charge in [-0.3, -0.25) is 4.79 Å². The Bertz CT molecular complexity index is 1490. The fourth-order valence-electron chi connectivity index (χ4n) is 3.68. The SMILES string of the molecule is Cc1noc([C@@H](C)NC(=O)c2ccc3c(-c4ccccc4Cl)nn(-c4csc(C)c4)c3c2)n1. The van der Waals surface area contributed by atoms with Gasteiger partial charge in [-0.1, -0.05) is 35.0 Å². The average Bonchev–Trinajstić information content (AvgIpc) is 3.52. The molecule has 0 aliphatic carbocycles. The first-order valence-corrected chi connectivity index (χ1v) is 11.6. The van der Waals surface area contributed by atoms with Crippen LogP contribution in [-0.4, -0.2) is 25.8 Å². The Morgan fingerprint density at radius 3 is 2.70 bits per heavy atom. The van der Waals surface area contributed by atoms with Gasteiger partial charge in [0.15, 0.2) is 5.82 Å². The monoisotopic (exact) mass is 477 g/mol. The van der Waals surface area contributed by atoms with Crippen LogP contribution in [0.3, 0.4) is 0 Å². The van der Waals surface area contributed by atoms with E-state index in [9.17, 15) is 4.79 Å². The van der Waals surface area contributed by atoms with Crippen LogP contribution in [0.15, 0.2) is 58.4 Å². The normalized spacial score (nSPS) is 12.2. The molecule has 5 rings (SSSR count). The molecule has 1 N–H and O–H groups in total. The molecule has 0 fully saturated rings. The third-order valence-corrected chi connectivity index (χ3v) is 6.47. The lowest BCUT2D eigenvalue weighted by molar-refractivity contribution is 0.0932. The third-order valence-electron chi connectivity index (χ3n) is 5.29. The fraction of sp³-hybridized carbons (Fsp3) is 0.167. The molecule has 9 heteroatoms. The van der Waals surface area contributed by atoms with Gasteiger partial charge < -0.3 is 9.84 Å². The molecule has 5 aromatic rings. The number of halogens is 1. The van der Waals surface area contributed by atoms with Crippen molar-refractivity contribution in [3.63, 3.8) is 0 Å². The predicted molar refractivity (Wildman–Crippen MR) is 129 cm³/mol. The summed E-state index contributed by atoms with van der Waals surface area (Å²) in [6.45, 7) is 5.59. The van der Waals surface area contributed by atoms with Gasteiger partial charge in [-0.25, -0.2) is 4.68 Å². The number of aryl methyl sites for hydroxylation is 2. The summed E-state index contributed by atoms with van der Waals surface area (Å²) in [5.74, 6) is 0.644. The van der Waals surface area contributed by atoms with Crippen LogP contribution in [-0.2, 0) is 0 Å². The minimum Gasteiger partial charge on any atom is -0.341 e. The molecule has 0 spiro atoms. The summed E-state index contributed by atoms with van der Waals surface area (Å²) in [4.78, 5) is 18.4. The van der Waals surface area contributed by atoms with Gasteiger partial charge in [0.25, 0.3) is 5.91 Å². The van der Waals surface area contributed by atoms with Crippen molar-refractivity contribution >= 4 is 39.7 Å². The van der Waals surface area contributed by atoms with E-state index in [0.717, 1.165) is 27.8 Å². The number of amides is 1. The van der Waals surface area contributed by atoms with Gasteiger partial charge in [0, 0.05) is 26.8 Å². The molecule has 0 aliphatic heterocycles. The molecule has 0 radical (unpaired) electrons. The zero-order valence-corrected chi connectivity index (χ0v) is 19.7. The van der Waals surface area contributed by atoms with Gasteiger partial charge in [-0.05, 0) is 51.1 Å². The van der Waals surface area contributed by atoms with E-state index in [4.69, 9.17) is 21.2 Å². The van der Waals surface area contributed by atoms with Gasteiger partial charge in [-0.2, -0.15) is 10.1 Å². The van der Waals surface area contributed by atoms with E-state index in [1.807, 2.05) is 53.4 Å². The van der Waals surface area contributed by atoms with E-state index in [1.165, 1.54) is 4.88 Å². The number of rotatable bonds is 5. The number of carbonyl (C=O) groups excluding carboxylic acids is 1. The minimum atomic E-state index is -0.419. The quantitative estimate of drug-likeness (QED) is 0.340. The van der Waals surface area contributed by atoms with Crippen molar-refractivity contribution in [2.24, 2.45) is 0 Å². The molecule has 3 aromatic heterocycles. The molecule has 0 unspecified atom stereocenters. The van der Waals surface area contributed by atoms with E-state index in [-0.39, 0.29) is 5.91 Å². The average molecular weight is 478 g/mol. The Kier molecular flexibility index (Phi) is 5.47. The first-order valence-electron chi connectivity index (χ1n) is 10.3. The molecule has 33 heavy (non-hydrogen) atoms. The number of thiophene rings is 1. The first kappa shape index (κ1) is 21.4. The zero-order chi connectivity index (χ0) is 23.1. The van der Waals surface area contributed by atoms with Crippen LogP contribution in [0.1, 0.15) is 39.9 Å². The maximum atomic E-state index is 13.0. The highest BCUT2D eigenvalue weighted by molar-refractivity contribution is 7.10. The molecule has 0 aliphatic rings. The summed E-state index contributed by atoms with van der Waals surface area (Å²) in [5, 5.41) is 15.2. The number of nitrogens with zero attached hydrogens (tertiary/aromatic N) is 4. The lowest BCUT2D eigenvalue weighted by Gasteiger charge is -2.10. The topological polar surface area (TPSA) is 85.8 Å². The third kappa shape index (κ3) is 4.03. The lowest BCUT2D eigenvalue weighted by Crippen LogP contribution is -2.26. The summed E-state index contributed by atoms with van der Waals surface area (Å²) >= 11 is 8.13. The standard InChI is InChI=1S/C24H20ClN5O2S/c1-13-10-17(12-33-13)30-21-11-16(23(31)26-14(2)24-27-15(3)29-32-24)8-9-19(21)22(28-30)18-6-4-5-7-20(18)25/h4-12,14H,1-3H3,(H,26,31)/t14-/m1/s1. The molecular formula is C24H20ClN5O2S. The number of nitrogens with one attached hydrogen (secondary N) is 1. The van der Waals surface area contributed by atoms with E-state index < -0.39 is 6.04 Å². The van der Waals surface area contributed by atoms with Gasteiger partial charge >= 0.3 is 0 Å². The highest BCUT2D eigenvalue weighted by Crippen LogP contribution is 2.35. The Morgan fingerprint density at radius 1 is 1.18 bits per heavy atom. The van der Waals surface area contributed by atoms with Crippen LogP contribution in [0.25, 0.3) is 27.8 Å². The second kappa shape index (κ2) is 8.46. The summed E-state index contributed by atoms with van der Waals surface area (Å²) in [6.07, 6.45) is 0. The highest BCUT2D eigenvalue weighted by atomic mass is 35.5. The molecule has 3 heterocycles. The van der Waals surface area contributed by atoms with Crippen LogP contribution < -0.4 is 5.32 Å². The highest BCUT2D eigenvalue weighted by Gasteiger charge is 2.20. The molecule has 0 bridgehead atoms. The smallest absolute Gasteiger partial charge is 0.251 e. The van der Waals surface area contributed by atoms with Gasteiger partial charge in [0.05, 0.1) is 16.2 Å². The van der Waals surface area contributed by atoms with Crippen LogP contribution in [0.2, 0.25) is 5.02 Å². The summed E-state index contributed by atoms with van der Waals surface area (Å²) < 4.78 is 7.03. The van der Waals surface area contributed by atoms with Crippen molar-refractivity contribution in [2.45, 2.75) is 26.8 Å². The van der Waals surface area contributed by atoms with Crippen molar-refractivity contribution in [1.82, 2.24) is 25.2 Å². The zero-order valence-electron chi connectivity index (χ0n) is 18.2. The molecule has 166 valence electrons. The van der Waals surface area contributed by atoms with Crippen molar-refractivity contribution < 1.29 is 9.32 Å². The van der Waals surface area contributed by atoms with E-state index in [1.54, 1.807) is 31.3 Å².